The van der Waals surface area contributed by atoms with E-state index < -0.39 is 5.82 Å². The van der Waals surface area contributed by atoms with Crippen LogP contribution in [0, 0.1) is 19.7 Å². The van der Waals surface area contributed by atoms with Gasteiger partial charge in [-0.25, -0.2) is 4.39 Å². The molecule has 0 fully saturated rings. The standard InChI is InChI=1S/C19H18FN3O2S/c1-11-7-8-14-13(10-25-18(14)12(11)2)9-17(24)22-23-19(26)21-16-6-4-3-5-15(16)20/h3-8,10H,9H2,1-2H3,(H,22,24)(H2,21,23,26). The molecular formula is C19H18FN3O2S. The molecular weight excluding hydrogens is 353 g/mol. The minimum atomic E-state index is -0.432. The summed E-state index contributed by atoms with van der Waals surface area (Å²) in [5.74, 6) is -0.720. The number of anilines is 1. The van der Waals surface area contributed by atoms with Gasteiger partial charge in [-0.2, -0.15) is 0 Å². The second-order valence-corrected chi connectivity index (χ2v) is 6.34. The van der Waals surface area contributed by atoms with E-state index in [9.17, 15) is 9.18 Å². The lowest BCUT2D eigenvalue weighted by Crippen LogP contribution is -2.44. The number of hydrazine groups is 1. The Morgan fingerprint density at radius 1 is 1.15 bits per heavy atom. The third kappa shape index (κ3) is 3.83. The molecule has 3 N–H and O–H groups in total. The molecule has 1 amide bonds. The Labute approximate surface area is 155 Å². The number of hydrogen-bond acceptors (Lipinski definition) is 3. The zero-order valence-electron chi connectivity index (χ0n) is 14.4. The predicted molar refractivity (Wildman–Crippen MR) is 103 cm³/mol. The quantitative estimate of drug-likeness (QED) is 0.483. The zero-order valence-corrected chi connectivity index (χ0v) is 15.2. The molecule has 0 radical (unpaired) electrons. The highest BCUT2D eigenvalue weighted by molar-refractivity contribution is 7.80. The van der Waals surface area contributed by atoms with Crippen LogP contribution in [0.4, 0.5) is 10.1 Å². The van der Waals surface area contributed by atoms with Crippen molar-refractivity contribution < 1.29 is 13.6 Å². The van der Waals surface area contributed by atoms with Crippen LogP contribution >= 0.6 is 12.2 Å². The number of hydrogen-bond donors (Lipinski definition) is 3. The smallest absolute Gasteiger partial charge is 0.242 e. The van der Waals surface area contributed by atoms with Crippen LogP contribution in [0.2, 0.25) is 0 Å². The first-order chi connectivity index (χ1) is 12.5. The van der Waals surface area contributed by atoms with Crippen molar-refractivity contribution in [3.8, 4) is 0 Å². The Kier molecular flexibility index (Phi) is 5.18. The summed E-state index contributed by atoms with van der Waals surface area (Å²) in [7, 11) is 0. The van der Waals surface area contributed by atoms with Gasteiger partial charge in [0.1, 0.15) is 11.4 Å². The molecule has 0 saturated carbocycles. The summed E-state index contributed by atoms with van der Waals surface area (Å²) in [5.41, 5.74) is 9.05. The van der Waals surface area contributed by atoms with Crippen molar-refractivity contribution in [2.75, 3.05) is 5.32 Å². The number of carbonyl (C=O) groups excluding carboxylic acids is 1. The van der Waals surface area contributed by atoms with Crippen LogP contribution in [0.3, 0.4) is 0 Å². The first kappa shape index (κ1) is 17.9. The Bertz CT molecular complexity index is 984. The molecule has 2 aromatic carbocycles. The van der Waals surface area contributed by atoms with Crippen LogP contribution in [0.1, 0.15) is 16.7 Å². The molecule has 0 aliphatic rings. The van der Waals surface area contributed by atoms with Gasteiger partial charge in [-0.1, -0.05) is 24.3 Å². The van der Waals surface area contributed by atoms with E-state index in [0.29, 0.717) is 0 Å². The fraction of sp³-hybridized carbons (Fsp3) is 0.158. The van der Waals surface area contributed by atoms with E-state index >= 15 is 0 Å². The molecule has 0 atom stereocenters. The third-order valence-corrected chi connectivity index (χ3v) is 4.33. The number of nitrogens with one attached hydrogen (secondary N) is 3. The number of carbonyl (C=O) groups is 1. The Morgan fingerprint density at radius 2 is 1.92 bits per heavy atom. The van der Waals surface area contributed by atoms with Crippen molar-refractivity contribution in [3.05, 3.63) is 65.2 Å². The second-order valence-electron chi connectivity index (χ2n) is 5.93. The van der Waals surface area contributed by atoms with Crippen molar-refractivity contribution >= 4 is 39.9 Å². The zero-order chi connectivity index (χ0) is 18.7. The number of amides is 1. The Morgan fingerprint density at radius 3 is 2.69 bits per heavy atom. The molecule has 5 nitrogen and oxygen atoms in total. The number of aryl methyl sites for hydroxylation is 2. The summed E-state index contributed by atoms with van der Waals surface area (Å²) in [4.78, 5) is 12.2. The van der Waals surface area contributed by atoms with Gasteiger partial charge in [0.15, 0.2) is 5.11 Å². The number of halogens is 1. The average Bonchev–Trinajstić information content (AvgIpc) is 3.02. The molecule has 26 heavy (non-hydrogen) atoms. The van der Waals surface area contributed by atoms with Crippen LogP contribution in [-0.4, -0.2) is 11.0 Å². The van der Waals surface area contributed by atoms with Gasteiger partial charge in [0.05, 0.1) is 18.4 Å². The Hall–Kier alpha value is -2.93. The second kappa shape index (κ2) is 7.53. The third-order valence-electron chi connectivity index (χ3n) is 4.13. The Balaban J connectivity index is 1.59. The van der Waals surface area contributed by atoms with Gasteiger partial charge in [0, 0.05) is 10.9 Å². The van der Waals surface area contributed by atoms with Crippen molar-refractivity contribution in [3.63, 3.8) is 0 Å². The summed E-state index contributed by atoms with van der Waals surface area (Å²) in [5, 5.41) is 3.68. The number of thiocarbonyl (C=S) groups is 1. The molecule has 0 unspecified atom stereocenters. The average molecular weight is 371 g/mol. The largest absolute Gasteiger partial charge is 0.464 e. The van der Waals surface area contributed by atoms with Gasteiger partial charge >= 0.3 is 0 Å². The van der Waals surface area contributed by atoms with Crippen molar-refractivity contribution in [2.45, 2.75) is 20.3 Å². The number of fused-ring (bicyclic) bond motifs is 1. The molecule has 0 aliphatic carbocycles. The van der Waals surface area contributed by atoms with E-state index in [1.165, 1.54) is 6.07 Å². The lowest BCUT2D eigenvalue weighted by molar-refractivity contribution is -0.120. The van der Waals surface area contributed by atoms with Gasteiger partial charge in [-0.05, 0) is 49.3 Å². The maximum atomic E-state index is 13.6. The summed E-state index contributed by atoms with van der Waals surface area (Å²) >= 11 is 5.05. The minimum Gasteiger partial charge on any atom is -0.464 e. The lowest BCUT2D eigenvalue weighted by atomic mass is 10.0. The van der Waals surface area contributed by atoms with Crippen LogP contribution in [0.25, 0.3) is 11.0 Å². The number of para-hydroxylation sites is 1. The SMILES string of the molecule is Cc1ccc2c(CC(=O)NNC(=S)Nc3ccccc3F)coc2c1C. The van der Waals surface area contributed by atoms with Gasteiger partial charge in [0.25, 0.3) is 0 Å². The number of rotatable bonds is 3. The molecule has 1 heterocycles. The van der Waals surface area contributed by atoms with E-state index in [2.05, 4.69) is 16.2 Å². The van der Waals surface area contributed by atoms with Gasteiger partial charge in [0.2, 0.25) is 5.91 Å². The summed E-state index contributed by atoms with van der Waals surface area (Å²) in [6.07, 6.45) is 1.72. The van der Waals surface area contributed by atoms with Crippen molar-refractivity contribution in [1.29, 1.82) is 0 Å². The van der Waals surface area contributed by atoms with E-state index in [-0.39, 0.29) is 23.1 Å². The van der Waals surface area contributed by atoms with Gasteiger partial charge in [-0.3, -0.25) is 15.6 Å². The maximum absolute atomic E-state index is 13.6. The minimum absolute atomic E-state index is 0.0898. The molecule has 3 aromatic rings. The van der Waals surface area contributed by atoms with Crippen LogP contribution < -0.4 is 16.2 Å². The molecule has 0 bridgehead atoms. The lowest BCUT2D eigenvalue weighted by Gasteiger charge is -2.11. The van der Waals surface area contributed by atoms with E-state index in [1.54, 1.807) is 24.5 Å². The summed E-state index contributed by atoms with van der Waals surface area (Å²) in [6.45, 7) is 4.00. The highest BCUT2D eigenvalue weighted by atomic mass is 32.1. The maximum Gasteiger partial charge on any atom is 0.242 e. The van der Waals surface area contributed by atoms with Gasteiger partial charge < -0.3 is 9.73 Å². The summed E-state index contributed by atoms with van der Waals surface area (Å²) < 4.78 is 19.2. The monoisotopic (exact) mass is 371 g/mol. The van der Waals surface area contributed by atoms with E-state index in [0.717, 1.165) is 27.7 Å². The first-order valence-electron chi connectivity index (χ1n) is 8.02. The number of benzene rings is 2. The first-order valence-corrected chi connectivity index (χ1v) is 8.43. The normalized spacial score (nSPS) is 10.6. The molecule has 3 rings (SSSR count). The molecule has 0 aliphatic heterocycles. The summed E-state index contributed by atoms with van der Waals surface area (Å²) in [6, 6.07) is 10.1. The molecule has 1 aromatic heterocycles. The van der Waals surface area contributed by atoms with E-state index in [4.69, 9.17) is 16.6 Å². The van der Waals surface area contributed by atoms with Crippen LogP contribution in [0.5, 0.6) is 0 Å². The highest BCUT2D eigenvalue weighted by Gasteiger charge is 2.13. The van der Waals surface area contributed by atoms with Crippen LogP contribution in [0.15, 0.2) is 47.1 Å². The van der Waals surface area contributed by atoms with Crippen molar-refractivity contribution in [2.24, 2.45) is 0 Å². The predicted octanol–water partition coefficient (Wildman–Crippen LogP) is 3.75. The van der Waals surface area contributed by atoms with Crippen molar-refractivity contribution in [1.82, 2.24) is 10.9 Å². The molecule has 0 spiro atoms. The number of furan rings is 1. The molecule has 134 valence electrons. The topological polar surface area (TPSA) is 66.3 Å². The van der Waals surface area contributed by atoms with Gasteiger partial charge in [-0.15, -0.1) is 0 Å². The fourth-order valence-electron chi connectivity index (χ4n) is 2.59. The molecule has 7 heteroatoms. The highest BCUT2D eigenvalue weighted by Crippen LogP contribution is 2.26. The molecule has 0 saturated heterocycles. The van der Waals surface area contributed by atoms with Crippen LogP contribution in [-0.2, 0) is 11.2 Å². The van der Waals surface area contributed by atoms with E-state index in [1.807, 2.05) is 26.0 Å². The fourth-order valence-corrected chi connectivity index (χ4v) is 2.75.